The second-order valence-electron chi connectivity index (χ2n) is 5.67. The van der Waals surface area contributed by atoms with E-state index in [1.165, 1.54) is 0 Å². The molecule has 1 fully saturated rings. The van der Waals surface area contributed by atoms with Crippen molar-refractivity contribution in [3.8, 4) is 11.5 Å². The Morgan fingerprint density at radius 2 is 2.00 bits per heavy atom. The van der Waals surface area contributed by atoms with Crippen LogP contribution in [0.15, 0.2) is 48.5 Å². The minimum atomic E-state index is -0.0826. The van der Waals surface area contributed by atoms with Crippen LogP contribution in [0.25, 0.3) is 0 Å². The molecule has 0 bridgehead atoms. The van der Waals surface area contributed by atoms with E-state index in [1.807, 2.05) is 53.4 Å². The first kappa shape index (κ1) is 17.5. The second kappa shape index (κ2) is 8.16. The number of benzene rings is 2. The molecule has 0 saturated carbocycles. The van der Waals surface area contributed by atoms with Gasteiger partial charge in [-0.15, -0.1) is 11.8 Å². The van der Waals surface area contributed by atoms with Crippen molar-refractivity contribution in [3.05, 3.63) is 59.7 Å². The Kier molecular flexibility index (Phi) is 5.71. The van der Waals surface area contributed by atoms with Crippen LogP contribution >= 0.6 is 11.8 Å². The van der Waals surface area contributed by atoms with Crippen LogP contribution in [0.4, 0.5) is 4.79 Å². The lowest BCUT2D eigenvalue weighted by Gasteiger charge is -2.26. The van der Waals surface area contributed by atoms with Gasteiger partial charge in [0, 0.05) is 24.4 Å². The Balaban J connectivity index is 1.75. The van der Waals surface area contributed by atoms with E-state index in [2.05, 4.69) is 5.32 Å². The molecule has 0 aromatic heterocycles. The van der Waals surface area contributed by atoms with Crippen LogP contribution < -0.4 is 14.8 Å². The zero-order valence-corrected chi connectivity index (χ0v) is 15.2. The number of ether oxygens (including phenoxy) is 2. The van der Waals surface area contributed by atoms with Gasteiger partial charge in [0.1, 0.15) is 16.9 Å². The van der Waals surface area contributed by atoms with Crippen LogP contribution in [0.2, 0.25) is 0 Å². The molecule has 2 amide bonds. The van der Waals surface area contributed by atoms with Crippen LogP contribution in [-0.4, -0.2) is 37.4 Å². The molecule has 1 N–H and O–H groups in total. The standard InChI is InChI=1S/C19H22N2O3S/c1-23-15-8-9-17(24-2)16(12-15)18-21(10-11-25-18)19(22)20-13-14-6-4-3-5-7-14/h3-9,12,18H,10-11,13H2,1-2H3,(H,20,22). The summed E-state index contributed by atoms with van der Waals surface area (Å²) in [5.41, 5.74) is 2.04. The van der Waals surface area contributed by atoms with Crippen molar-refractivity contribution in [2.45, 2.75) is 11.9 Å². The summed E-state index contributed by atoms with van der Waals surface area (Å²) in [5, 5.41) is 2.93. The van der Waals surface area contributed by atoms with Gasteiger partial charge in [-0.05, 0) is 23.8 Å². The van der Waals surface area contributed by atoms with Gasteiger partial charge < -0.3 is 19.7 Å². The highest BCUT2D eigenvalue weighted by Crippen LogP contribution is 2.43. The Bertz CT molecular complexity index is 724. The molecule has 0 aliphatic carbocycles. The molecule has 3 rings (SSSR count). The molecule has 1 atom stereocenters. The van der Waals surface area contributed by atoms with Gasteiger partial charge in [0.15, 0.2) is 0 Å². The summed E-state index contributed by atoms with van der Waals surface area (Å²) in [6.07, 6.45) is 0. The highest BCUT2D eigenvalue weighted by Gasteiger charge is 2.32. The number of rotatable bonds is 5. The number of methoxy groups -OCH3 is 2. The molecule has 1 unspecified atom stereocenters. The third-order valence-electron chi connectivity index (χ3n) is 4.14. The summed E-state index contributed by atoms with van der Waals surface area (Å²) in [6.45, 7) is 1.22. The first-order chi connectivity index (χ1) is 12.2. The fraction of sp³-hybridized carbons (Fsp3) is 0.316. The number of nitrogens with zero attached hydrogens (tertiary/aromatic N) is 1. The lowest BCUT2D eigenvalue weighted by atomic mass is 10.1. The number of carbonyl (C=O) groups is 1. The molecule has 25 heavy (non-hydrogen) atoms. The maximum absolute atomic E-state index is 12.7. The van der Waals surface area contributed by atoms with E-state index in [4.69, 9.17) is 9.47 Å². The zero-order chi connectivity index (χ0) is 17.6. The van der Waals surface area contributed by atoms with Crippen molar-refractivity contribution in [1.82, 2.24) is 10.2 Å². The van der Waals surface area contributed by atoms with E-state index in [-0.39, 0.29) is 11.4 Å². The Hall–Kier alpha value is -2.34. The van der Waals surface area contributed by atoms with Gasteiger partial charge in [0.25, 0.3) is 0 Å². The highest BCUT2D eigenvalue weighted by atomic mass is 32.2. The maximum atomic E-state index is 12.7. The van der Waals surface area contributed by atoms with E-state index < -0.39 is 0 Å². The third-order valence-corrected chi connectivity index (χ3v) is 5.38. The quantitative estimate of drug-likeness (QED) is 0.886. The number of amides is 2. The molecule has 5 nitrogen and oxygen atoms in total. The van der Waals surface area contributed by atoms with Crippen molar-refractivity contribution in [3.63, 3.8) is 0 Å². The predicted molar refractivity (Wildman–Crippen MR) is 100 cm³/mol. The van der Waals surface area contributed by atoms with Crippen LogP contribution in [-0.2, 0) is 6.54 Å². The molecule has 1 saturated heterocycles. The van der Waals surface area contributed by atoms with E-state index in [0.717, 1.165) is 28.4 Å². The normalized spacial score (nSPS) is 16.6. The van der Waals surface area contributed by atoms with Gasteiger partial charge >= 0.3 is 6.03 Å². The average Bonchev–Trinajstić information content (AvgIpc) is 3.16. The number of hydrogen-bond donors (Lipinski definition) is 1. The summed E-state index contributed by atoms with van der Waals surface area (Å²) >= 11 is 1.73. The van der Waals surface area contributed by atoms with E-state index in [9.17, 15) is 4.79 Å². The molecule has 6 heteroatoms. The lowest BCUT2D eigenvalue weighted by molar-refractivity contribution is 0.199. The second-order valence-corrected chi connectivity index (χ2v) is 6.86. The summed E-state index contributed by atoms with van der Waals surface area (Å²) in [6, 6.07) is 15.5. The first-order valence-electron chi connectivity index (χ1n) is 8.15. The fourth-order valence-corrected chi connectivity index (χ4v) is 4.11. The van der Waals surface area contributed by atoms with Crippen molar-refractivity contribution < 1.29 is 14.3 Å². The maximum Gasteiger partial charge on any atom is 0.318 e. The number of nitrogens with one attached hydrogen (secondary N) is 1. The fourth-order valence-electron chi connectivity index (χ4n) is 2.84. The molecule has 0 spiro atoms. The number of carbonyl (C=O) groups excluding carboxylic acids is 1. The van der Waals surface area contributed by atoms with Gasteiger partial charge in [-0.25, -0.2) is 4.79 Å². The number of hydrogen-bond acceptors (Lipinski definition) is 4. The van der Waals surface area contributed by atoms with Crippen LogP contribution in [0.1, 0.15) is 16.5 Å². The SMILES string of the molecule is COc1ccc(OC)c(C2SCCN2C(=O)NCc2ccccc2)c1. The van der Waals surface area contributed by atoms with E-state index in [1.54, 1.807) is 26.0 Å². The Morgan fingerprint density at radius 3 is 2.72 bits per heavy atom. The summed E-state index contributed by atoms with van der Waals surface area (Å²) < 4.78 is 10.8. The molecule has 2 aromatic rings. The first-order valence-corrected chi connectivity index (χ1v) is 9.19. The monoisotopic (exact) mass is 358 g/mol. The highest BCUT2D eigenvalue weighted by molar-refractivity contribution is 7.99. The summed E-state index contributed by atoms with van der Waals surface area (Å²) in [4.78, 5) is 14.5. The minimum absolute atomic E-state index is 0.0660. The van der Waals surface area contributed by atoms with Gasteiger partial charge in [0.05, 0.1) is 14.2 Å². The lowest BCUT2D eigenvalue weighted by Crippen LogP contribution is -2.39. The van der Waals surface area contributed by atoms with Crippen LogP contribution in [0.3, 0.4) is 0 Å². The van der Waals surface area contributed by atoms with Crippen LogP contribution in [0, 0.1) is 0 Å². The van der Waals surface area contributed by atoms with Gasteiger partial charge in [0.2, 0.25) is 0 Å². The molecule has 132 valence electrons. The van der Waals surface area contributed by atoms with Gasteiger partial charge in [-0.3, -0.25) is 0 Å². The molecular weight excluding hydrogens is 336 g/mol. The molecule has 0 radical (unpaired) electrons. The smallest absolute Gasteiger partial charge is 0.318 e. The molecule has 1 heterocycles. The molecule has 2 aromatic carbocycles. The summed E-state index contributed by atoms with van der Waals surface area (Å²) in [5.74, 6) is 2.41. The topological polar surface area (TPSA) is 50.8 Å². The molecule has 1 aliphatic rings. The summed E-state index contributed by atoms with van der Waals surface area (Å²) in [7, 11) is 3.28. The number of urea groups is 1. The van der Waals surface area contributed by atoms with E-state index in [0.29, 0.717) is 13.1 Å². The van der Waals surface area contributed by atoms with Crippen molar-refractivity contribution in [2.24, 2.45) is 0 Å². The number of thioether (sulfide) groups is 1. The van der Waals surface area contributed by atoms with Gasteiger partial charge in [-0.2, -0.15) is 0 Å². The Morgan fingerprint density at radius 1 is 1.20 bits per heavy atom. The van der Waals surface area contributed by atoms with Gasteiger partial charge in [-0.1, -0.05) is 30.3 Å². The average molecular weight is 358 g/mol. The Labute approximate surface area is 152 Å². The zero-order valence-electron chi connectivity index (χ0n) is 14.4. The minimum Gasteiger partial charge on any atom is -0.497 e. The molecule has 1 aliphatic heterocycles. The van der Waals surface area contributed by atoms with Crippen molar-refractivity contribution in [1.29, 1.82) is 0 Å². The third kappa shape index (κ3) is 4.02. The van der Waals surface area contributed by atoms with Crippen molar-refractivity contribution >= 4 is 17.8 Å². The molecular formula is C19H22N2O3S. The largest absolute Gasteiger partial charge is 0.497 e. The van der Waals surface area contributed by atoms with Crippen LogP contribution in [0.5, 0.6) is 11.5 Å². The van der Waals surface area contributed by atoms with E-state index >= 15 is 0 Å². The van der Waals surface area contributed by atoms with Crippen molar-refractivity contribution in [2.75, 3.05) is 26.5 Å². The predicted octanol–water partition coefficient (Wildman–Crippen LogP) is 3.66.